The normalized spacial score (nSPS) is 11.9. The number of nitrogens with zero attached hydrogens (tertiary/aromatic N) is 4. The quantitative estimate of drug-likeness (QED) is 0.185. The Kier molecular flexibility index (Phi) is 6.26. The van der Waals surface area contributed by atoms with Gasteiger partial charge in [-0.2, -0.15) is 0 Å². The number of benzene rings is 7. The fourth-order valence-electron chi connectivity index (χ4n) is 7.50. The average molecular weight is 687 g/mol. The van der Waals surface area contributed by atoms with Crippen LogP contribution in [0.25, 0.3) is 102 Å². The molecule has 0 N–H and O–H groups in total. The van der Waals surface area contributed by atoms with Gasteiger partial charge in [0.15, 0.2) is 17.5 Å². The lowest BCUT2D eigenvalue weighted by atomic mass is 10.1. The zero-order valence-electron chi connectivity index (χ0n) is 27.1. The number of aromatic nitrogens is 4. The van der Waals surface area contributed by atoms with Crippen molar-refractivity contribution in [3.05, 3.63) is 158 Å². The predicted octanol–water partition coefficient (Wildman–Crippen LogP) is 12.7. The van der Waals surface area contributed by atoms with Crippen LogP contribution in [0.5, 0.6) is 0 Å². The Morgan fingerprint density at radius 1 is 0.373 bits per heavy atom. The number of rotatable bonds is 4. The number of hydrogen-bond acceptors (Lipinski definition) is 5. The van der Waals surface area contributed by atoms with Gasteiger partial charge >= 0.3 is 0 Å². The molecule has 51 heavy (non-hydrogen) atoms. The van der Waals surface area contributed by atoms with Gasteiger partial charge in [0.2, 0.25) is 0 Å². The van der Waals surface area contributed by atoms with Crippen molar-refractivity contribution in [2.45, 2.75) is 0 Å². The molecule has 0 saturated carbocycles. The highest BCUT2D eigenvalue weighted by molar-refractivity contribution is 7.29. The highest BCUT2D eigenvalue weighted by Gasteiger charge is 2.18. The van der Waals surface area contributed by atoms with Crippen LogP contribution in [0, 0.1) is 0 Å². The van der Waals surface area contributed by atoms with Crippen LogP contribution in [-0.4, -0.2) is 19.5 Å². The van der Waals surface area contributed by atoms with Gasteiger partial charge in [-0.15, -0.1) is 22.7 Å². The Morgan fingerprint density at radius 2 is 0.941 bits per heavy atom. The van der Waals surface area contributed by atoms with Gasteiger partial charge in [-0.3, -0.25) is 0 Å². The maximum atomic E-state index is 5.00. The average Bonchev–Trinajstić information content (AvgIpc) is 3.87. The molecular formula is C45H26N4S2. The van der Waals surface area contributed by atoms with Gasteiger partial charge < -0.3 is 4.57 Å². The van der Waals surface area contributed by atoms with Crippen molar-refractivity contribution in [3.63, 3.8) is 0 Å². The summed E-state index contributed by atoms with van der Waals surface area (Å²) in [6, 6.07) is 55.9. The van der Waals surface area contributed by atoms with E-state index in [9.17, 15) is 0 Å². The van der Waals surface area contributed by atoms with E-state index in [2.05, 4.69) is 102 Å². The molecule has 0 unspecified atom stereocenters. The third kappa shape index (κ3) is 4.47. The summed E-state index contributed by atoms with van der Waals surface area (Å²) in [7, 11) is 0. The highest BCUT2D eigenvalue weighted by atomic mass is 32.1. The summed E-state index contributed by atoms with van der Waals surface area (Å²) in [6.07, 6.45) is 0. The molecule has 7 aromatic carbocycles. The summed E-state index contributed by atoms with van der Waals surface area (Å²) < 4.78 is 7.55. The summed E-state index contributed by atoms with van der Waals surface area (Å²) in [5, 5.41) is 7.70. The summed E-state index contributed by atoms with van der Waals surface area (Å²) in [5.74, 6) is 2.01. The van der Waals surface area contributed by atoms with E-state index < -0.39 is 0 Å². The molecule has 4 aromatic heterocycles. The first-order valence-corrected chi connectivity index (χ1v) is 18.6. The molecule has 11 aromatic rings. The minimum absolute atomic E-state index is 0.668. The van der Waals surface area contributed by atoms with E-state index in [1.54, 1.807) is 0 Å². The van der Waals surface area contributed by atoms with Crippen LogP contribution >= 0.6 is 22.7 Å². The molecule has 0 fully saturated rings. The predicted molar refractivity (Wildman–Crippen MR) is 216 cm³/mol. The minimum Gasteiger partial charge on any atom is -0.309 e. The molecular weight excluding hydrogens is 661 g/mol. The first kappa shape index (κ1) is 28.6. The van der Waals surface area contributed by atoms with E-state index >= 15 is 0 Å². The van der Waals surface area contributed by atoms with E-state index in [0.29, 0.717) is 17.5 Å². The fraction of sp³-hybridized carbons (Fsp3) is 0. The van der Waals surface area contributed by atoms with Gasteiger partial charge in [-0.1, -0.05) is 115 Å². The van der Waals surface area contributed by atoms with Crippen molar-refractivity contribution in [2.75, 3.05) is 0 Å². The lowest BCUT2D eigenvalue weighted by Crippen LogP contribution is -1.99. The smallest absolute Gasteiger partial charge is 0.164 e. The van der Waals surface area contributed by atoms with Crippen molar-refractivity contribution in [1.82, 2.24) is 19.5 Å². The summed E-state index contributed by atoms with van der Waals surface area (Å²) in [6.45, 7) is 0. The molecule has 4 heterocycles. The Balaban J connectivity index is 1.10. The van der Waals surface area contributed by atoms with Crippen LogP contribution in [0.2, 0.25) is 0 Å². The van der Waals surface area contributed by atoms with E-state index in [-0.39, 0.29) is 0 Å². The molecule has 0 amide bonds. The number of fused-ring (bicyclic) bond motifs is 10. The third-order valence-corrected chi connectivity index (χ3v) is 12.2. The van der Waals surface area contributed by atoms with Crippen molar-refractivity contribution >= 4 is 84.8 Å². The molecule has 0 spiro atoms. The molecule has 4 nitrogen and oxygen atoms in total. The zero-order valence-corrected chi connectivity index (χ0v) is 28.7. The Hall–Kier alpha value is -6.21. The van der Waals surface area contributed by atoms with Crippen LogP contribution in [0.3, 0.4) is 0 Å². The maximum absolute atomic E-state index is 5.00. The van der Waals surface area contributed by atoms with Crippen molar-refractivity contribution in [2.24, 2.45) is 0 Å². The molecule has 0 aliphatic heterocycles. The monoisotopic (exact) mass is 686 g/mol. The van der Waals surface area contributed by atoms with E-state index in [4.69, 9.17) is 15.0 Å². The molecule has 0 saturated heterocycles. The first-order chi connectivity index (χ1) is 25.3. The molecule has 0 aliphatic rings. The van der Waals surface area contributed by atoms with Gasteiger partial charge in [0.05, 0.1) is 11.0 Å². The summed E-state index contributed by atoms with van der Waals surface area (Å²) >= 11 is 3.73. The van der Waals surface area contributed by atoms with Crippen molar-refractivity contribution in [1.29, 1.82) is 0 Å². The number of para-hydroxylation sites is 2. The van der Waals surface area contributed by atoms with Crippen molar-refractivity contribution in [3.8, 4) is 39.9 Å². The van der Waals surface area contributed by atoms with E-state index in [1.807, 2.05) is 83.3 Å². The van der Waals surface area contributed by atoms with Gasteiger partial charge in [0.1, 0.15) is 0 Å². The number of hydrogen-bond donors (Lipinski definition) is 0. The first-order valence-electron chi connectivity index (χ1n) is 16.9. The SMILES string of the molecule is c1ccc(-c2nc(-c3ccccc3)nc(-c3ccc4c(c3)sc3c4ccc4sc5ccc(-n6c7ccccc7c7ccccc76)cc5c43)n2)cc1. The molecule has 0 bridgehead atoms. The van der Waals surface area contributed by atoms with Gasteiger partial charge in [0, 0.05) is 73.5 Å². The standard InChI is InChI=1S/C45H26N4S2/c1-3-11-27(12-4-1)43-46-44(28-13-5-2-6-14-28)48-45(47-43)29-19-21-33-34-22-24-39-41(42(34)51-40(33)25-29)35-26-30(20-23-38(35)50-39)49-36-17-9-7-15-31(36)32-16-8-10-18-37(32)49/h1-26H. The molecule has 0 aliphatic carbocycles. The van der Waals surface area contributed by atoms with E-state index in [0.717, 1.165) is 16.7 Å². The zero-order chi connectivity index (χ0) is 33.5. The topological polar surface area (TPSA) is 43.6 Å². The Morgan fingerprint density at radius 3 is 1.61 bits per heavy atom. The highest BCUT2D eigenvalue weighted by Crippen LogP contribution is 2.46. The van der Waals surface area contributed by atoms with Crippen LogP contribution in [0.1, 0.15) is 0 Å². The lowest BCUT2D eigenvalue weighted by molar-refractivity contribution is 1.07. The van der Waals surface area contributed by atoms with Gasteiger partial charge in [0.25, 0.3) is 0 Å². The largest absolute Gasteiger partial charge is 0.309 e. The molecule has 0 atom stereocenters. The van der Waals surface area contributed by atoms with Crippen LogP contribution in [-0.2, 0) is 0 Å². The fourth-order valence-corrected chi connectivity index (χ4v) is 9.96. The van der Waals surface area contributed by atoms with Gasteiger partial charge in [-0.05, 0) is 42.5 Å². The Bertz CT molecular complexity index is 3030. The molecule has 11 rings (SSSR count). The summed E-state index contributed by atoms with van der Waals surface area (Å²) in [4.78, 5) is 14.9. The van der Waals surface area contributed by atoms with Crippen LogP contribution in [0.15, 0.2) is 158 Å². The molecule has 6 heteroatoms. The molecule has 238 valence electrons. The van der Waals surface area contributed by atoms with Crippen LogP contribution in [0.4, 0.5) is 0 Å². The second-order valence-corrected chi connectivity index (χ2v) is 15.0. The molecule has 0 radical (unpaired) electrons. The maximum Gasteiger partial charge on any atom is 0.164 e. The van der Waals surface area contributed by atoms with Crippen LogP contribution < -0.4 is 0 Å². The Labute approximate surface area is 300 Å². The van der Waals surface area contributed by atoms with E-state index in [1.165, 1.54) is 67.8 Å². The summed E-state index contributed by atoms with van der Waals surface area (Å²) in [5.41, 5.74) is 6.54. The minimum atomic E-state index is 0.668. The second kappa shape index (κ2) is 11.2. The number of thiophene rings is 2. The third-order valence-electron chi connectivity index (χ3n) is 9.85. The van der Waals surface area contributed by atoms with Gasteiger partial charge in [-0.25, -0.2) is 15.0 Å². The van der Waals surface area contributed by atoms with Crippen molar-refractivity contribution < 1.29 is 0 Å². The second-order valence-electron chi connectivity index (χ2n) is 12.8. The lowest BCUT2D eigenvalue weighted by Gasteiger charge is -2.08.